The molecule has 2 rings (SSSR count). The Labute approximate surface area is 162 Å². The molecule has 144 valence electrons. The van der Waals surface area contributed by atoms with Gasteiger partial charge in [-0.25, -0.2) is 13.1 Å². The van der Waals surface area contributed by atoms with Gasteiger partial charge in [0.05, 0.1) is 19.9 Å². The lowest BCUT2D eigenvalue weighted by Crippen LogP contribution is -2.30. The fourth-order valence-corrected chi connectivity index (χ4v) is 4.79. The smallest absolute Gasteiger partial charge is 0.241 e. The third-order valence-electron chi connectivity index (χ3n) is 3.94. The quantitative estimate of drug-likeness (QED) is 0.675. The van der Waals surface area contributed by atoms with Crippen LogP contribution in [0.25, 0.3) is 0 Å². The number of rotatable bonds is 8. The molecule has 1 aromatic carbocycles. The maximum absolute atomic E-state index is 12.7. The Bertz CT molecular complexity index is 880. The van der Waals surface area contributed by atoms with Crippen LogP contribution in [0, 0.1) is 19.8 Å². The van der Waals surface area contributed by atoms with Gasteiger partial charge in [-0.1, -0.05) is 6.92 Å². The zero-order valence-electron chi connectivity index (χ0n) is 15.5. The first-order valence-electron chi connectivity index (χ1n) is 8.10. The predicted octanol–water partition coefficient (Wildman–Crippen LogP) is 2.89. The molecular formula is C17H24BrN3O4S. The molecule has 0 saturated carbocycles. The Balaban J connectivity index is 2.12. The van der Waals surface area contributed by atoms with Crippen LogP contribution < -0.4 is 14.2 Å². The molecule has 0 fully saturated rings. The number of nitrogens with zero attached hydrogens (tertiary/aromatic N) is 2. The van der Waals surface area contributed by atoms with Gasteiger partial charge in [-0.05, 0) is 47.8 Å². The van der Waals surface area contributed by atoms with Gasteiger partial charge < -0.3 is 9.47 Å². The summed E-state index contributed by atoms with van der Waals surface area (Å²) in [6, 6.07) is 5.02. The van der Waals surface area contributed by atoms with Gasteiger partial charge in [0, 0.05) is 29.3 Å². The van der Waals surface area contributed by atoms with Crippen LogP contribution >= 0.6 is 15.9 Å². The van der Waals surface area contributed by atoms with Gasteiger partial charge in [0.1, 0.15) is 4.90 Å². The zero-order valence-corrected chi connectivity index (χ0v) is 17.9. The topological polar surface area (TPSA) is 82.5 Å². The monoisotopic (exact) mass is 445 g/mol. The molecule has 1 heterocycles. The van der Waals surface area contributed by atoms with Crippen molar-refractivity contribution in [3.05, 3.63) is 34.1 Å². The van der Waals surface area contributed by atoms with E-state index in [1.165, 1.54) is 20.3 Å². The normalized spacial score (nSPS) is 12.8. The number of methoxy groups -OCH3 is 2. The van der Waals surface area contributed by atoms with Crippen molar-refractivity contribution >= 4 is 26.0 Å². The van der Waals surface area contributed by atoms with E-state index in [0.29, 0.717) is 29.1 Å². The molecule has 1 atom stereocenters. The Hall–Kier alpha value is -1.58. The zero-order chi connectivity index (χ0) is 19.5. The highest BCUT2D eigenvalue weighted by atomic mass is 79.9. The van der Waals surface area contributed by atoms with E-state index < -0.39 is 10.0 Å². The Morgan fingerprint density at radius 3 is 2.35 bits per heavy atom. The van der Waals surface area contributed by atoms with Crippen LogP contribution in [0.2, 0.25) is 0 Å². The van der Waals surface area contributed by atoms with Crippen molar-refractivity contribution in [2.45, 2.75) is 32.2 Å². The summed E-state index contributed by atoms with van der Waals surface area (Å²) in [6.45, 7) is 6.82. The minimum absolute atomic E-state index is 0.0710. The predicted molar refractivity (Wildman–Crippen MR) is 103 cm³/mol. The number of aryl methyl sites for hydroxylation is 2. The van der Waals surface area contributed by atoms with Gasteiger partial charge in [-0.3, -0.25) is 4.68 Å². The molecule has 0 amide bonds. The van der Waals surface area contributed by atoms with E-state index in [1.54, 1.807) is 6.07 Å². The molecule has 0 radical (unpaired) electrons. The molecule has 0 saturated heterocycles. The number of hydrogen-bond donors (Lipinski definition) is 1. The number of ether oxygens (including phenoxy) is 2. The second kappa shape index (κ2) is 8.41. The molecule has 0 aliphatic carbocycles. The summed E-state index contributed by atoms with van der Waals surface area (Å²) in [5, 5.41) is 4.41. The number of halogens is 1. The highest BCUT2D eigenvalue weighted by Gasteiger charge is 2.22. The second-order valence-corrected chi connectivity index (χ2v) is 8.79. The van der Waals surface area contributed by atoms with Gasteiger partial charge >= 0.3 is 0 Å². The lowest BCUT2D eigenvalue weighted by Gasteiger charge is -2.16. The summed E-state index contributed by atoms with van der Waals surface area (Å²) >= 11 is 3.29. The van der Waals surface area contributed by atoms with Crippen LogP contribution in [0.15, 0.2) is 27.6 Å². The summed E-state index contributed by atoms with van der Waals surface area (Å²) in [4.78, 5) is 0.105. The SMILES string of the molecule is COc1cc(Br)c(S(=O)(=O)NCC(C)Cn2nc(C)cc2C)cc1OC. The molecule has 9 heteroatoms. The van der Waals surface area contributed by atoms with E-state index in [0.717, 1.165) is 11.4 Å². The molecule has 0 aliphatic heterocycles. The van der Waals surface area contributed by atoms with E-state index in [9.17, 15) is 8.42 Å². The lowest BCUT2D eigenvalue weighted by molar-refractivity contribution is 0.353. The van der Waals surface area contributed by atoms with Crippen LogP contribution in [0.1, 0.15) is 18.3 Å². The van der Waals surface area contributed by atoms with E-state index in [1.807, 2.05) is 31.5 Å². The highest BCUT2D eigenvalue weighted by molar-refractivity contribution is 9.10. The molecule has 0 aliphatic rings. The first-order chi connectivity index (χ1) is 12.2. The number of aromatic nitrogens is 2. The number of nitrogens with one attached hydrogen (secondary N) is 1. The van der Waals surface area contributed by atoms with E-state index in [2.05, 4.69) is 25.8 Å². The summed E-state index contributed by atoms with van der Waals surface area (Å²) in [5.41, 5.74) is 2.00. The number of benzene rings is 1. The Kier molecular flexibility index (Phi) is 6.70. The first-order valence-corrected chi connectivity index (χ1v) is 10.4. The average Bonchev–Trinajstić information content (AvgIpc) is 2.89. The minimum atomic E-state index is -3.70. The van der Waals surface area contributed by atoms with Gasteiger partial charge in [0.15, 0.2) is 11.5 Å². The lowest BCUT2D eigenvalue weighted by atomic mass is 10.2. The summed E-state index contributed by atoms with van der Waals surface area (Å²) in [5.74, 6) is 0.879. The van der Waals surface area contributed by atoms with Crippen molar-refractivity contribution in [3.63, 3.8) is 0 Å². The number of hydrogen-bond acceptors (Lipinski definition) is 5. The fraction of sp³-hybridized carbons (Fsp3) is 0.471. The summed E-state index contributed by atoms with van der Waals surface area (Å²) in [6.07, 6.45) is 0. The Morgan fingerprint density at radius 1 is 1.19 bits per heavy atom. The van der Waals surface area contributed by atoms with Gasteiger partial charge in [-0.15, -0.1) is 0 Å². The Morgan fingerprint density at radius 2 is 1.81 bits per heavy atom. The van der Waals surface area contributed by atoms with Gasteiger partial charge in [0.25, 0.3) is 0 Å². The standard InChI is InChI=1S/C17H24BrN3O4S/c1-11(10-21-13(3)6-12(2)20-21)9-19-26(22,23)17-8-16(25-5)15(24-4)7-14(17)18/h6-8,11,19H,9-10H2,1-5H3. The fourth-order valence-electron chi connectivity index (χ4n) is 2.59. The van der Waals surface area contributed by atoms with Crippen LogP contribution in [-0.2, 0) is 16.6 Å². The van der Waals surface area contributed by atoms with Gasteiger partial charge in [0.2, 0.25) is 10.0 Å². The molecule has 1 aromatic heterocycles. The third-order valence-corrected chi connectivity index (χ3v) is 6.32. The maximum atomic E-state index is 12.7. The largest absolute Gasteiger partial charge is 0.493 e. The highest BCUT2D eigenvalue weighted by Crippen LogP contribution is 2.35. The maximum Gasteiger partial charge on any atom is 0.241 e. The van der Waals surface area contributed by atoms with Crippen LogP contribution in [-0.4, -0.2) is 39.0 Å². The van der Waals surface area contributed by atoms with Crippen LogP contribution in [0.5, 0.6) is 11.5 Å². The van der Waals surface area contributed by atoms with E-state index >= 15 is 0 Å². The van der Waals surface area contributed by atoms with E-state index in [-0.39, 0.29) is 10.8 Å². The van der Waals surface area contributed by atoms with Crippen LogP contribution in [0.3, 0.4) is 0 Å². The first kappa shape index (κ1) is 20.7. The molecular weight excluding hydrogens is 422 g/mol. The van der Waals surface area contributed by atoms with Crippen molar-refractivity contribution in [3.8, 4) is 11.5 Å². The van der Waals surface area contributed by atoms with Crippen molar-refractivity contribution in [1.29, 1.82) is 0 Å². The molecule has 0 bridgehead atoms. The molecule has 1 unspecified atom stereocenters. The van der Waals surface area contributed by atoms with Crippen molar-refractivity contribution in [1.82, 2.24) is 14.5 Å². The average molecular weight is 446 g/mol. The van der Waals surface area contributed by atoms with Crippen molar-refractivity contribution in [2.75, 3.05) is 20.8 Å². The van der Waals surface area contributed by atoms with Crippen LogP contribution in [0.4, 0.5) is 0 Å². The summed E-state index contributed by atoms with van der Waals surface area (Å²) in [7, 11) is -0.741. The van der Waals surface area contributed by atoms with Crippen molar-refractivity contribution < 1.29 is 17.9 Å². The molecule has 0 spiro atoms. The third kappa shape index (κ3) is 4.77. The summed E-state index contributed by atoms with van der Waals surface area (Å²) < 4.78 is 40.7. The number of sulfonamides is 1. The second-order valence-electron chi connectivity index (χ2n) is 6.20. The minimum Gasteiger partial charge on any atom is -0.493 e. The van der Waals surface area contributed by atoms with Crippen molar-refractivity contribution in [2.24, 2.45) is 5.92 Å². The molecule has 1 N–H and O–H groups in total. The van der Waals surface area contributed by atoms with E-state index in [4.69, 9.17) is 9.47 Å². The van der Waals surface area contributed by atoms with Gasteiger partial charge in [-0.2, -0.15) is 5.10 Å². The molecule has 7 nitrogen and oxygen atoms in total. The molecule has 2 aromatic rings. The molecule has 26 heavy (non-hydrogen) atoms.